The Bertz CT molecular complexity index is 774. The molecular weight excluding hydrogens is 308 g/mol. The van der Waals surface area contributed by atoms with Crippen molar-refractivity contribution in [3.8, 4) is 11.5 Å². The van der Waals surface area contributed by atoms with Crippen molar-refractivity contribution in [1.82, 2.24) is 20.4 Å². The van der Waals surface area contributed by atoms with Gasteiger partial charge in [-0.1, -0.05) is 23.4 Å². The molecule has 1 atom stereocenters. The molecule has 124 valence electrons. The van der Waals surface area contributed by atoms with Crippen LogP contribution in [-0.4, -0.2) is 46.0 Å². The summed E-state index contributed by atoms with van der Waals surface area (Å²) in [5, 5.41) is 6.34. The number of carbonyl (C=O) groups excluding carboxylic acids is 2. The van der Waals surface area contributed by atoms with Gasteiger partial charge in [0.1, 0.15) is 6.04 Å². The second-order valence-corrected chi connectivity index (χ2v) is 6.68. The monoisotopic (exact) mass is 326 g/mol. The number of benzene rings is 1. The largest absolute Gasteiger partial charge is 0.340 e. The number of nitrogens with one attached hydrogen (secondary N) is 1. The zero-order valence-corrected chi connectivity index (χ0v) is 13.4. The summed E-state index contributed by atoms with van der Waals surface area (Å²) < 4.78 is 5.11. The lowest BCUT2D eigenvalue weighted by Crippen LogP contribution is -2.57. The Morgan fingerprint density at radius 2 is 1.96 bits per heavy atom. The number of carbonyl (C=O) groups is 2. The molecule has 1 aliphatic carbocycles. The van der Waals surface area contributed by atoms with Crippen molar-refractivity contribution in [1.29, 1.82) is 0 Å². The van der Waals surface area contributed by atoms with Crippen molar-refractivity contribution in [3.63, 3.8) is 0 Å². The van der Waals surface area contributed by atoms with E-state index in [9.17, 15) is 9.59 Å². The predicted molar refractivity (Wildman–Crippen MR) is 84.9 cm³/mol. The summed E-state index contributed by atoms with van der Waals surface area (Å²) >= 11 is 0. The number of aromatic nitrogens is 2. The van der Waals surface area contributed by atoms with Gasteiger partial charge < -0.3 is 14.7 Å². The number of likely N-dealkylation sites (tertiary alicyclic amines) is 1. The molecule has 7 heteroatoms. The lowest BCUT2D eigenvalue weighted by atomic mass is 9.96. The van der Waals surface area contributed by atoms with E-state index in [1.165, 1.54) is 12.8 Å². The first-order valence-corrected chi connectivity index (χ1v) is 8.05. The molecular formula is C17H18N4O3. The van der Waals surface area contributed by atoms with Gasteiger partial charge in [-0.15, -0.1) is 0 Å². The van der Waals surface area contributed by atoms with Crippen molar-refractivity contribution >= 4 is 11.8 Å². The molecule has 1 spiro atoms. The summed E-state index contributed by atoms with van der Waals surface area (Å²) in [6.07, 6.45) is 2.42. The Morgan fingerprint density at radius 3 is 2.62 bits per heavy atom. The third-order valence-electron chi connectivity index (χ3n) is 4.69. The van der Waals surface area contributed by atoms with Gasteiger partial charge in [-0.25, -0.2) is 0 Å². The van der Waals surface area contributed by atoms with E-state index in [1.807, 2.05) is 30.3 Å². The molecule has 2 amide bonds. The van der Waals surface area contributed by atoms with E-state index >= 15 is 0 Å². The van der Waals surface area contributed by atoms with Gasteiger partial charge >= 0.3 is 0 Å². The van der Waals surface area contributed by atoms with Crippen LogP contribution in [0.4, 0.5) is 0 Å². The first kappa shape index (κ1) is 14.9. The van der Waals surface area contributed by atoms with Crippen LogP contribution in [0.3, 0.4) is 0 Å². The maximum Gasteiger partial charge on any atom is 0.293 e. The van der Waals surface area contributed by atoms with Crippen LogP contribution in [-0.2, 0) is 4.79 Å². The first-order chi connectivity index (χ1) is 11.6. The summed E-state index contributed by atoms with van der Waals surface area (Å²) in [6, 6.07) is 8.60. The molecule has 4 rings (SSSR count). The number of rotatable bonds is 4. The van der Waals surface area contributed by atoms with E-state index in [4.69, 9.17) is 4.52 Å². The lowest BCUT2D eigenvalue weighted by molar-refractivity contribution is -0.140. The second-order valence-electron chi connectivity index (χ2n) is 6.68. The molecule has 1 N–H and O–H groups in total. The summed E-state index contributed by atoms with van der Waals surface area (Å²) in [6.45, 7) is 3.30. The minimum absolute atomic E-state index is 0.0624. The van der Waals surface area contributed by atoms with Crippen LogP contribution in [0.15, 0.2) is 34.9 Å². The normalized spacial score (nSPS) is 18.8. The van der Waals surface area contributed by atoms with Gasteiger partial charge in [0.2, 0.25) is 5.91 Å². The van der Waals surface area contributed by atoms with Gasteiger partial charge in [0.15, 0.2) is 0 Å². The van der Waals surface area contributed by atoms with Crippen LogP contribution in [0.2, 0.25) is 0 Å². The highest BCUT2D eigenvalue weighted by molar-refractivity contribution is 5.95. The quantitative estimate of drug-likeness (QED) is 0.919. The minimum atomic E-state index is -0.604. The fourth-order valence-corrected chi connectivity index (χ4v) is 3.02. The molecule has 2 fully saturated rings. The highest BCUT2D eigenvalue weighted by atomic mass is 16.5. The van der Waals surface area contributed by atoms with Crippen molar-refractivity contribution in [3.05, 3.63) is 36.2 Å². The van der Waals surface area contributed by atoms with Gasteiger partial charge in [0.05, 0.1) is 0 Å². The SMILES string of the molecule is CC(NC(=O)c1noc(-c2ccccc2)n1)C(=O)N1CC2(CC2)C1. The number of hydrogen-bond acceptors (Lipinski definition) is 5. The van der Waals surface area contributed by atoms with Crippen molar-refractivity contribution in [2.45, 2.75) is 25.8 Å². The van der Waals surface area contributed by atoms with Gasteiger partial charge in [0.25, 0.3) is 17.6 Å². The van der Waals surface area contributed by atoms with Gasteiger partial charge in [0, 0.05) is 24.1 Å². The molecule has 0 bridgehead atoms. The van der Waals surface area contributed by atoms with Crippen LogP contribution in [0.25, 0.3) is 11.5 Å². The zero-order valence-electron chi connectivity index (χ0n) is 13.4. The maximum atomic E-state index is 12.3. The predicted octanol–water partition coefficient (Wildman–Crippen LogP) is 1.48. The highest BCUT2D eigenvalue weighted by Gasteiger charge is 2.54. The van der Waals surface area contributed by atoms with Crippen LogP contribution in [0.1, 0.15) is 30.4 Å². The van der Waals surface area contributed by atoms with E-state index in [-0.39, 0.29) is 17.6 Å². The number of hydrogen-bond donors (Lipinski definition) is 1. The standard InChI is InChI=1S/C17H18N4O3/c1-11(16(23)21-9-17(10-21)7-8-17)18-14(22)13-19-15(24-20-13)12-5-3-2-4-6-12/h2-6,11H,7-10H2,1H3,(H,18,22). The van der Waals surface area contributed by atoms with Crippen LogP contribution < -0.4 is 5.32 Å². The lowest BCUT2D eigenvalue weighted by Gasteiger charge is -2.41. The van der Waals surface area contributed by atoms with E-state index in [0.717, 1.165) is 18.7 Å². The molecule has 1 aromatic carbocycles. The summed E-state index contributed by atoms with van der Waals surface area (Å²) in [4.78, 5) is 30.4. The Morgan fingerprint density at radius 1 is 1.25 bits per heavy atom. The molecule has 0 radical (unpaired) electrons. The average molecular weight is 326 g/mol. The van der Waals surface area contributed by atoms with Crippen LogP contribution in [0, 0.1) is 5.41 Å². The Balaban J connectivity index is 1.37. The Kier molecular flexibility index (Phi) is 3.37. The number of amides is 2. The topological polar surface area (TPSA) is 88.3 Å². The fraction of sp³-hybridized carbons (Fsp3) is 0.412. The highest BCUT2D eigenvalue weighted by Crippen LogP contribution is 2.52. The molecule has 2 heterocycles. The van der Waals surface area contributed by atoms with Crippen molar-refractivity contribution in [2.24, 2.45) is 5.41 Å². The Labute approximate surface area is 139 Å². The molecule has 1 aliphatic heterocycles. The average Bonchev–Trinajstić information content (AvgIpc) is 3.22. The van der Waals surface area contributed by atoms with Gasteiger partial charge in [-0.05, 0) is 31.9 Å². The second kappa shape index (κ2) is 5.43. The van der Waals surface area contributed by atoms with Crippen LogP contribution in [0.5, 0.6) is 0 Å². The zero-order chi connectivity index (χ0) is 16.7. The summed E-state index contributed by atoms with van der Waals surface area (Å²) in [7, 11) is 0. The van der Waals surface area contributed by atoms with E-state index in [0.29, 0.717) is 5.41 Å². The van der Waals surface area contributed by atoms with Gasteiger partial charge in [-0.3, -0.25) is 9.59 Å². The molecule has 2 aromatic rings. The minimum Gasteiger partial charge on any atom is -0.340 e. The molecule has 1 saturated heterocycles. The van der Waals surface area contributed by atoms with Crippen LogP contribution >= 0.6 is 0 Å². The third-order valence-corrected chi connectivity index (χ3v) is 4.69. The fourth-order valence-electron chi connectivity index (χ4n) is 3.02. The maximum absolute atomic E-state index is 12.3. The molecule has 24 heavy (non-hydrogen) atoms. The molecule has 1 saturated carbocycles. The molecule has 2 aliphatic rings. The summed E-state index contributed by atoms with van der Waals surface area (Å²) in [5.74, 6) is -0.370. The van der Waals surface area contributed by atoms with E-state index in [1.54, 1.807) is 11.8 Å². The van der Waals surface area contributed by atoms with Gasteiger partial charge in [-0.2, -0.15) is 4.98 Å². The summed E-state index contributed by atoms with van der Waals surface area (Å²) in [5.41, 5.74) is 1.14. The number of nitrogens with zero attached hydrogens (tertiary/aromatic N) is 3. The molecule has 7 nitrogen and oxygen atoms in total. The van der Waals surface area contributed by atoms with E-state index in [2.05, 4.69) is 15.5 Å². The van der Waals surface area contributed by atoms with Crippen molar-refractivity contribution < 1.29 is 14.1 Å². The van der Waals surface area contributed by atoms with Crippen molar-refractivity contribution in [2.75, 3.05) is 13.1 Å². The third kappa shape index (κ3) is 2.66. The smallest absolute Gasteiger partial charge is 0.293 e. The Hall–Kier alpha value is -2.70. The van der Waals surface area contributed by atoms with E-state index < -0.39 is 11.9 Å². The molecule has 1 aromatic heterocycles. The molecule has 1 unspecified atom stereocenters. The first-order valence-electron chi connectivity index (χ1n) is 8.05.